The first-order chi connectivity index (χ1) is 8.58. The summed E-state index contributed by atoms with van der Waals surface area (Å²) in [5.41, 5.74) is 0.975. The highest BCUT2D eigenvalue weighted by Crippen LogP contribution is 2.22. The van der Waals surface area contributed by atoms with Crippen molar-refractivity contribution >= 4 is 57.4 Å². The summed E-state index contributed by atoms with van der Waals surface area (Å²) >= 11 is 13.9. The standard InChI is InChI=1S/C12H7Cl2IN2O/c13-7-1-2-10(15)8(5-7)12(18)17-11-6-16-4-3-9(11)14/h1-6H,(H,17,18). The first-order valence-electron chi connectivity index (χ1n) is 4.94. The second kappa shape index (κ2) is 5.86. The molecule has 0 saturated carbocycles. The highest BCUT2D eigenvalue weighted by Gasteiger charge is 2.12. The van der Waals surface area contributed by atoms with Crippen molar-refractivity contribution in [2.75, 3.05) is 5.32 Å². The number of nitrogens with zero attached hydrogens (tertiary/aromatic N) is 1. The van der Waals surface area contributed by atoms with Gasteiger partial charge < -0.3 is 5.32 Å². The van der Waals surface area contributed by atoms with Crippen LogP contribution in [0.25, 0.3) is 0 Å². The van der Waals surface area contributed by atoms with Crippen molar-refractivity contribution in [3.05, 3.63) is 55.8 Å². The molecule has 3 nitrogen and oxygen atoms in total. The highest BCUT2D eigenvalue weighted by molar-refractivity contribution is 14.1. The Hall–Kier alpha value is -0.850. The van der Waals surface area contributed by atoms with Crippen LogP contribution >= 0.6 is 45.8 Å². The molecule has 1 aromatic carbocycles. The van der Waals surface area contributed by atoms with Crippen molar-refractivity contribution in [3.8, 4) is 0 Å². The van der Waals surface area contributed by atoms with Crippen molar-refractivity contribution in [3.63, 3.8) is 0 Å². The van der Waals surface area contributed by atoms with E-state index in [2.05, 4.69) is 32.9 Å². The molecule has 0 radical (unpaired) electrons. The van der Waals surface area contributed by atoms with E-state index >= 15 is 0 Å². The highest BCUT2D eigenvalue weighted by atomic mass is 127. The first kappa shape index (κ1) is 13.6. The molecule has 0 bridgehead atoms. The van der Waals surface area contributed by atoms with Gasteiger partial charge in [0.2, 0.25) is 0 Å². The molecule has 2 rings (SSSR count). The van der Waals surface area contributed by atoms with Crippen LogP contribution in [0.5, 0.6) is 0 Å². The maximum Gasteiger partial charge on any atom is 0.256 e. The Balaban J connectivity index is 2.28. The van der Waals surface area contributed by atoms with Crippen LogP contribution in [0.4, 0.5) is 5.69 Å². The van der Waals surface area contributed by atoms with Gasteiger partial charge in [-0.25, -0.2) is 0 Å². The van der Waals surface area contributed by atoms with Crippen LogP contribution in [-0.2, 0) is 0 Å². The van der Waals surface area contributed by atoms with Crippen LogP contribution in [0, 0.1) is 3.57 Å². The van der Waals surface area contributed by atoms with Gasteiger partial charge in [0.05, 0.1) is 22.5 Å². The molecule has 0 spiro atoms. The number of anilines is 1. The van der Waals surface area contributed by atoms with Gasteiger partial charge in [0.25, 0.3) is 5.91 Å². The third kappa shape index (κ3) is 3.13. The molecule has 0 aliphatic carbocycles. The molecule has 0 fully saturated rings. The van der Waals surface area contributed by atoms with Crippen molar-refractivity contribution in [1.29, 1.82) is 0 Å². The van der Waals surface area contributed by atoms with E-state index in [1.54, 1.807) is 30.5 Å². The monoisotopic (exact) mass is 392 g/mol. The lowest BCUT2D eigenvalue weighted by Crippen LogP contribution is -2.13. The smallest absolute Gasteiger partial charge is 0.256 e. The van der Waals surface area contributed by atoms with Crippen LogP contribution in [0.3, 0.4) is 0 Å². The number of rotatable bonds is 2. The molecule has 2 aromatic rings. The topological polar surface area (TPSA) is 42.0 Å². The SMILES string of the molecule is O=C(Nc1cnccc1Cl)c1cc(Cl)ccc1I. The van der Waals surface area contributed by atoms with Crippen molar-refractivity contribution < 1.29 is 4.79 Å². The summed E-state index contributed by atoms with van der Waals surface area (Å²) in [6.07, 6.45) is 3.05. The summed E-state index contributed by atoms with van der Waals surface area (Å²) in [6.45, 7) is 0. The number of nitrogens with one attached hydrogen (secondary N) is 1. The zero-order chi connectivity index (χ0) is 13.1. The van der Waals surface area contributed by atoms with Gasteiger partial charge in [0, 0.05) is 14.8 Å². The molecule has 1 amide bonds. The maximum atomic E-state index is 12.1. The predicted octanol–water partition coefficient (Wildman–Crippen LogP) is 4.25. The average molecular weight is 393 g/mol. The maximum absolute atomic E-state index is 12.1. The minimum absolute atomic E-state index is 0.267. The van der Waals surface area contributed by atoms with E-state index in [0.717, 1.165) is 3.57 Å². The Bertz CT molecular complexity index is 604. The van der Waals surface area contributed by atoms with E-state index in [4.69, 9.17) is 23.2 Å². The number of pyridine rings is 1. The number of carbonyl (C=O) groups excluding carboxylic acids is 1. The van der Waals surface area contributed by atoms with E-state index in [9.17, 15) is 4.79 Å². The van der Waals surface area contributed by atoms with E-state index in [0.29, 0.717) is 21.3 Å². The van der Waals surface area contributed by atoms with E-state index in [1.165, 1.54) is 6.20 Å². The van der Waals surface area contributed by atoms with Crippen LogP contribution in [0.15, 0.2) is 36.7 Å². The lowest BCUT2D eigenvalue weighted by molar-refractivity contribution is 0.102. The van der Waals surface area contributed by atoms with Gasteiger partial charge >= 0.3 is 0 Å². The molecule has 0 saturated heterocycles. The van der Waals surface area contributed by atoms with Gasteiger partial charge in [-0.05, 0) is 46.9 Å². The summed E-state index contributed by atoms with van der Waals surface area (Å²) in [6, 6.07) is 6.74. The average Bonchev–Trinajstić information content (AvgIpc) is 2.35. The number of amides is 1. The van der Waals surface area contributed by atoms with E-state index < -0.39 is 0 Å². The quantitative estimate of drug-likeness (QED) is 0.776. The molecule has 0 unspecified atom stereocenters. The molecule has 0 aliphatic rings. The number of aromatic nitrogens is 1. The van der Waals surface area contributed by atoms with Crippen LogP contribution in [0.2, 0.25) is 10.0 Å². The first-order valence-corrected chi connectivity index (χ1v) is 6.77. The lowest BCUT2D eigenvalue weighted by Gasteiger charge is -2.08. The second-order valence-corrected chi connectivity index (χ2v) is 5.44. The molecule has 0 atom stereocenters. The molecular formula is C12H7Cl2IN2O. The predicted molar refractivity (Wildman–Crippen MR) is 81.4 cm³/mol. The van der Waals surface area contributed by atoms with Crippen LogP contribution in [0.1, 0.15) is 10.4 Å². The fourth-order valence-corrected chi connectivity index (χ4v) is 2.24. The van der Waals surface area contributed by atoms with E-state index in [-0.39, 0.29) is 5.91 Å². The van der Waals surface area contributed by atoms with E-state index in [1.807, 2.05) is 0 Å². The number of carbonyl (C=O) groups is 1. The van der Waals surface area contributed by atoms with Gasteiger partial charge in [-0.2, -0.15) is 0 Å². The van der Waals surface area contributed by atoms with Crippen LogP contribution < -0.4 is 5.32 Å². The van der Waals surface area contributed by atoms with Gasteiger partial charge in [0.15, 0.2) is 0 Å². The molecule has 1 aromatic heterocycles. The Morgan fingerprint density at radius 1 is 1.28 bits per heavy atom. The molecule has 1 N–H and O–H groups in total. The summed E-state index contributed by atoms with van der Waals surface area (Å²) in [5, 5.41) is 3.65. The van der Waals surface area contributed by atoms with Crippen molar-refractivity contribution in [2.24, 2.45) is 0 Å². The van der Waals surface area contributed by atoms with Gasteiger partial charge in [0.1, 0.15) is 0 Å². The lowest BCUT2D eigenvalue weighted by atomic mass is 10.2. The molecule has 18 heavy (non-hydrogen) atoms. The summed E-state index contributed by atoms with van der Waals surface area (Å²) in [5.74, 6) is -0.267. The van der Waals surface area contributed by atoms with Gasteiger partial charge in [-0.1, -0.05) is 23.2 Å². The zero-order valence-corrected chi connectivity index (χ0v) is 12.6. The third-order valence-corrected chi connectivity index (χ3v) is 3.69. The Morgan fingerprint density at radius 2 is 2.06 bits per heavy atom. The summed E-state index contributed by atoms with van der Waals surface area (Å²) < 4.78 is 0.814. The van der Waals surface area contributed by atoms with Crippen LogP contribution in [-0.4, -0.2) is 10.9 Å². The second-order valence-electron chi connectivity index (χ2n) is 3.43. The summed E-state index contributed by atoms with van der Waals surface area (Å²) in [4.78, 5) is 16.0. The molecule has 6 heteroatoms. The van der Waals surface area contributed by atoms with Gasteiger partial charge in [-0.15, -0.1) is 0 Å². The molecule has 0 aliphatic heterocycles. The number of halogens is 3. The fourth-order valence-electron chi connectivity index (χ4n) is 1.33. The number of hydrogen-bond donors (Lipinski definition) is 1. The number of benzene rings is 1. The number of hydrogen-bond acceptors (Lipinski definition) is 2. The Morgan fingerprint density at radius 3 is 2.78 bits per heavy atom. The minimum atomic E-state index is -0.267. The van der Waals surface area contributed by atoms with Crippen molar-refractivity contribution in [1.82, 2.24) is 4.98 Å². The summed E-state index contributed by atoms with van der Waals surface area (Å²) in [7, 11) is 0. The molecular weight excluding hydrogens is 386 g/mol. The van der Waals surface area contributed by atoms with Gasteiger partial charge in [-0.3, -0.25) is 9.78 Å². The Kier molecular flexibility index (Phi) is 4.42. The van der Waals surface area contributed by atoms with Crippen molar-refractivity contribution in [2.45, 2.75) is 0 Å². The molecule has 92 valence electrons. The largest absolute Gasteiger partial charge is 0.319 e. The molecule has 1 heterocycles. The minimum Gasteiger partial charge on any atom is -0.319 e. The zero-order valence-electron chi connectivity index (χ0n) is 8.95. The fraction of sp³-hybridized carbons (Fsp3) is 0. The third-order valence-electron chi connectivity index (χ3n) is 2.19. The normalized spacial score (nSPS) is 10.2. The Labute approximate surface area is 128 Å².